The summed E-state index contributed by atoms with van der Waals surface area (Å²) in [6, 6.07) is 4.37. The molecular weight excluding hydrogens is 281 g/mol. The zero-order valence-corrected chi connectivity index (χ0v) is 9.36. The molecule has 0 aliphatic carbocycles. The molecule has 2 aromatic rings. The van der Waals surface area contributed by atoms with Crippen molar-refractivity contribution in [3.05, 3.63) is 40.4 Å². The van der Waals surface area contributed by atoms with Crippen molar-refractivity contribution in [2.75, 3.05) is 0 Å². The van der Waals surface area contributed by atoms with Gasteiger partial charge in [-0.3, -0.25) is 0 Å². The van der Waals surface area contributed by atoms with E-state index < -0.39 is 11.8 Å². The molecule has 6 heteroatoms. The lowest BCUT2D eigenvalue weighted by Crippen LogP contribution is -1.96. The first-order valence-electron chi connectivity index (χ1n) is 4.23. The van der Waals surface area contributed by atoms with Crippen LogP contribution in [0, 0.1) is 5.82 Å². The molecule has 0 amide bonds. The van der Waals surface area contributed by atoms with Crippen molar-refractivity contribution in [1.82, 2.24) is 4.98 Å². The Morgan fingerprint density at radius 2 is 2.25 bits per heavy atom. The van der Waals surface area contributed by atoms with Gasteiger partial charge in [-0.05, 0) is 28.1 Å². The summed E-state index contributed by atoms with van der Waals surface area (Å²) in [5.74, 6) is -1.82. The molecule has 2 rings (SSSR count). The van der Waals surface area contributed by atoms with Crippen LogP contribution in [0.25, 0.3) is 11.5 Å². The summed E-state index contributed by atoms with van der Waals surface area (Å²) in [6.45, 7) is 0. The number of aromatic nitrogens is 1. The molecule has 0 unspecified atom stereocenters. The quantitative estimate of drug-likeness (QED) is 0.921. The van der Waals surface area contributed by atoms with Crippen molar-refractivity contribution < 1.29 is 18.7 Å². The molecule has 0 aliphatic rings. The van der Waals surface area contributed by atoms with E-state index in [-0.39, 0.29) is 17.1 Å². The minimum Gasteiger partial charge on any atom is -0.476 e. The third kappa shape index (κ3) is 1.83. The highest BCUT2D eigenvalue weighted by atomic mass is 79.9. The Morgan fingerprint density at radius 1 is 1.50 bits per heavy atom. The summed E-state index contributed by atoms with van der Waals surface area (Å²) in [6.07, 6.45) is 0.969. The Morgan fingerprint density at radius 3 is 2.81 bits per heavy atom. The molecular formula is C10H5BrFNO3. The monoisotopic (exact) mass is 285 g/mol. The topological polar surface area (TPSA) is 63.3 Å². The molecule has 0 radical (unpaired) electrons. The number of nitrogens with zero attached hydrogens (tertiary/aromatic N) is 1. The number of halogens is 2. The number of hydrogen-bond acceptors (Lipinski definition) is 3. The normalized spacial score (nSPS) is 10.4. The van der Waals surface area contributed by atoms with E-state index in [1.54, 1.807) is 6.07 Å². The second-order valence-electron chi connectivity index (χ2n) is 2.94. The third-order valence-electron chi connectivity index (χ3n) is 1.90. The SMILES string of the molecule is O=C(O)c1coc(-c2c(F)cccc2Br)n1. The first-order chi connectivity index (χ1) is 7.59. The van der Waals surface area contributed by atoms with E-state index in [2.05, 4.69) is 20.9 Å². The second-order valence-corrected chi connectivity index (χ2v) is 3.79. The molecule has 1 N–H and O–H groups in total. The third-order valence-corrected chi connectivity index (χ3v) is 2.56. The predicted molar refractivity (Wildman–Crippen MR) is 56.6 cm³/mol. The Labute approximate surface area is 97.9 Å². The fourth-order valence-electron chi connectivity index (χ4n) is 1.19. The van der Waals surface area contributed by atoms with Crippen LogP contribution in [-0.2, 0) is 0 Å². The van der Waals surface area contributed by atoms with Gasteiger partial charge in [0.2, 0.25) is 5.89 Å². The number of carboxylic acids is 1. The van der Waals surface area contributed by atoms with E-state index in [9.17, 15) is 9.18 Å². The van der Waals surface area contributed by atoms with Crippen LogP contribution in [-0.4, -0.2) is 16.1 Å². The van der Waals surface area contributed by atoms with Gasteiger partial charge in [0.1, 0.15) is 12.1 Å². The number of hydrogen-bond donors (Lipinski definition) is 1. The summed E-state index contributed by atoms with van der Waals surface area (Å²) >= 11 is 3.14. The average Bonchev–Trinajstić information content (AvgIpc) is 2.66. The predicted octanol–water partition coefficient (Wildman–Crippen LogP) is 2.94. The minimum absolute atomic E-state index is 0.0672. The lowest BCUT2D eigenvalue weighted by molar-refractivity contribution is 0.0690. The molecule has 0 saturated heterocycles. The zero-order valence-electron chi connectivity index (χ0n) is 7.78. The molecule has 4 nitrogen and oxygen atoms in total. The van der Waals surface area contributed by atoms with E-state index in [1.165, 1.54) is 12.1 Å². The number of aromatic carboxylic acids is 1. The van der Waals surface area contributed by atoms with Gasteiger partial charge in [0.15, 0.2) is 5.69 Å². The summed E-state index contributed by atoms with van der Waals surface area (Å²) in [5, 5.41) is 8.66. The van der Waals surface area contributed by atoms with Crippen molar-refractivity contribution in [1.29, 1.82) is 0 Å². The fourth-order valence-corrected chi connectivity index (χ4v) is 1.70. The smallest absolute Gasteiger partial charge is 0.357 e. The maximum absolute atomic E-state index is 13.5. The maximum atomic E-state index is 13.5. The van der Waals surface area contributed by atoms with Crippen molar-refractivity contribution in [3.63, 3.8) is 0 Å². The molecule has 1 heterocycles. The highest BCUT2D eigenvalue weighted by Crippen LogP contribution is 2.30. The molecule has 0 aliphatic heterocycles. The molecule has 0 atom stereocenters. The summed E-state index contributed by atoms with van der Waals surface area (Å²) < 4.78 is 18.8. The fraction of sp³-hybridized carbons (Fsp3) is 0. The molecule has 1 aromatic heterocycles. The lowest BCUT2D eigenvalue weighted by Gasteiger charge is -2.00. The van der Waals surface area contributed by atoms with Gasteiger partial charge in [0.05, 0.1) is 5.56 Å². The Kier molecular flexibility index (Phi) is 2.74. The minimum atomic E-state index is -1.22. The van der Waals surface area contributed by atoms with Crippen molar-refractivity contribution in [3.8, 4) is 11.5 Å². The Bertz CT molecular complexity index is 532. The molecule has 16 heavy (non-hydrogen) atoms. The van der Waals surface area contributed by atoms with Gasteiger partial charge >= 0.3 is 5.97 Å². The first kappa shape index (κ1) is 10.8. The lowest BCUT2D eigenvalue weighted by atomic mass is 10.2. The number of oxazole rings is 1. The van der Waals surface area contributed by atoms with Crippen molar-refractivity contribution >= 4 is 21.9 Å². The van der Waals surface area contributed by atoms with Gasteiger partial charge in [-0.15, -0.1) is 0 Å². The van der Waals surface area contributed by atoms with Gasteiger partial charge < -0.3 is 9.52 Å². The van der Waals surface area contributed by atoms with Crippen LogP contribution < -0.4 is 0 Å². The van der Waals surface area contributed by atoms with E-state index in [0.29, 0.717) is 4.47 Å². The van der Waals surface area contributed by atoms with Crippen LogP contribution in [0.15, 0.2) is 33.4 Å². The summed E-state index contributed by atoms with van der Waals surface area (Å²) in [5.41, 5.74) is -0.153. The standard InChI is InChI=1S/C10H5BrFNO3/c11-5-2-1-3-6(12)8(5)9-13-7(4-16-9)10(14)15/h1-4H,(H,14,15). The van der Waals surface area contributed by atoms with Crippen molar-refractivity contribution in [2.45, 2.75) is 0 Å². The summed E-state index contributed by atoms with van der Waals surface area (Å²) in [7, 11) is 0. The maximum Gasteiger partial charge on any atom is 0.357 e. The van der Waals surface area contributed by atoms with Crippen LogP contribution in [0.3, 0.4) is 0 Å². The van der Waals surface area contributed by atoms with E-state index in [0.717, 1.165) is 6.26 Å². The van der Waals surface area contributed by atoms with Crippen LogP contribution in [0.4, 0.5) is 4.39 Å². The van der Waals surface area contributed by atoms with Gasteiger partial charge in [-0.1, -0.05) is 6.07 Å². The molecule has 0 fully saturated rings. The van der Waals surface area contributed by atoms with Gasteiger partial charge in [0, 0.05) is 4.47 Å². The second kappa shape index (κ2) is 4.05. The molecule has 0 bridgehead atoms. The number of benzene rings is 1. The highest BCUT2D eigenvalue weighted by molar-refractivity contribution is 9.10. The molecule has 82 valence electrons. The van der Waals surface area contributed by atoms with Crippen molar-refractivity contribution in [2.24, 2.45) is 0 Å². The van der Waals surface area contributed by atoms with Gasteiger partial charge in [-0.25, -0.2) is 14.2 Å². The number of carboxylic acid groups (broad SMARTS) is 1. The Hall–Kier alpha value is -1.69. The molecule has 0 spiro atoms. The largest absolute Gasteiger partial charge is 0.476 e. The molecule has 1 aromatic carbocycles. The van der Waals surface area contributed by atoms with E-state index >= 15 is 0 Å². The van der Waals surface area contributed by atoms with Crippen LogP contribution in [0.5, 0.6) is 0 Å². The van der Waals surface area contributed by atoms with Crippen LogP contribution in [0.2, 0.25) is 0 Å². The number of carbonyl (C=O) groups is 1. The Balaban J connectivity index is 2.54. The molecule has 0 saturated carbocycles. The number of rotatable bonds is 2. The van der Waals surface area contributed by atoms with Gasteiger partial charge in [0.25, 0.3) is 0 Å². The first-order valence-corrected chi connectivity index (χ1v) is 5.02. The van der Waals surface area contributed by atoms with E-state index in [1.807, 2.05) is 0 Å². The highest BCUT2D eigenvalue weighted by Gasteiger charge is 2.17. The van der Waals surface area contributed by atoms with Crippen LogP contribution in [0.1, 0.15) is 10.5 Å². The zero-order chi connectivity index (χ0) is 11.7. The van der Waals surface area contributed by atoms with Gasteiger partial charge in [-0.2, -0.15) is 0 Å². The summed E-state index contributed by atoms with van der Waals surface area (Å²) in [4.78, 5) is 14.3. The van der Waals surface area contributed by atoms with E-state index in [4.69, 9.17) is 9.52 Å². The average molecular weight is 286 g/mol. The van der Waals surface area contributed by atoms with Crippen LogP contribution >= 0.6 is 15.9 Å².